The van der Waals surface area contributed by atoms with Gasteiger partial charge in [0.15, 0.2) is 0 Å². The van der Waals surface area contributed by atoms with Crippen LogP contribution in [-0.4, -0.2) is 41.5 Å². The van der Waals surface area contributed by atoms with E-state index in [0.29, 0.717) is 17.8 Å². The van der Waals surface area contributed by atoms with Crippen LogP contribution in [0.25, 0.3) is 0 Å². The van der Waals surface area contributed by atoms with E-state index >= 15 is 0 Å². The first-order valence-corrected chi connectivity index (χ1v) is 7.31. The van der Waals surface area contributed by atoms with Gasteiger partial charge in [0.1, 0.15) is 0 Å². The van der Waals surface area contributed by atoms with Gasteiger partial charge in [0.25, 0.3) is 0 Å². The molecule has 0 saturated carbocycles. The van der Waals surface area contributed by atoms with Crippen LogP contribution >= 0.6 is 11.8 Å². The fourth-order valence-electron chi connectivity index (χ4n) is 2.87. The van der Waals surface area contributed by atoms with E-state index in [2.05, 4.69) is 29.2 Å². The zero-order chi connectivity index (χ0) is 11.7. The summed E-state index contributed by atoms with van der Waals surface area (Å²) in [4.78, 5) is 3.99. The monoisotopic (exact) mass is 249 g/mol. The van der Waals surface area contributed by atoms with E-state index in [4.69, 9.17) is 5.11 Å². The molecule has 0 amide bonds. The molecule has 17 heavy (non-hydrogen) atoms. The molecule has 2 atom stereocenters. The Hall–Kier alpha value is -0.510. The molecule has 92 valence electrons. The lowest BCUT2D eigenvalue weighted by Crippen LogP contribution is -2.29. The normalized spacial score (nSPS) is 28.5. The quantitative estimate of drug-likeness (QED) is 0.886. The number of aliphatic hydroxyl groups excluding tert-OH is 1. The number of rotatable bonds is 3. The Balaban J connectivity index is 1.56. The maximum atomic E-state index is 9.15. The van der Waals surface area contributed by atoms with Gasteiger partial charge in [-0.15, -0.1) is 11.8 Å². The van der Waals surface area contributed by atoms with Crippen LogP contribution in [0.2, 0.25) is 0 Å². The van der Waals surface area contributed by atoms with Gasteiger partial charge in [0.2, 0.25) is 0 Å². The molecule has 1 saturated heterocycles. The number of hydrogen-bond acceptors (Lipinski definition) is 3. The highest BCUT2D eigenvalue weighted by Gasteiger charge is 2.27. The van der Waals surface area contributed by atoms with Gasteiger partial charge in [0.05, 0.1) is 0 Å². The zero-order valence-corrected chi connectivity index (χ0v) is 10.8. The first-order chi connectivity index (χ1) is 8.35. The van der Waals surface area contributed by atoms with Crippen molar-refractivity contribution in [2.45, 2.75) is 23.0 Å². The molecule has 0 aromatic heterocycles. The first-order valence-electron chi connectivity index (χ1n) is 6.43. The maximum Gasteiger partial charge on any atom is 0.0471 e. The average molecular weight is 249 g/mol. The number of fused-ring (bicyclic) bond motifs is 1. The Kier molecular flexibility index (Phi) is 3.41. The van der Waals surface area contributed by atoms with Crippen molar-refractivity contribution in [3.63, 3.8) is 0 Å². The minimum absolute atomic E-state index is 0.356. The van der Waals surface area contributed by atoms with Crippen molar-refractivity contribution in [1.29, 1.82) is 0 Å². The zero-order valence-electron chi connectivity index (χ0n) is 10.0. The predicted octanol–water partition coefficient (Wildman–Crippen LogP) is 2.02. The lowest BCUT2D eigenvalue weighted by molar-refractivity contribution is 0.222. The van der Waals surface area contributed by atoms with Crippen LogP contribution in [0.15, 0.2) is 29.2 Å². The highest BCUT2D eigenvalue weighted by atomic mass is 32.2. The van der Waals surface area contributed by atoms with Crippen LogP contribution < -0.4 is 0 Å². The SMILES string of the molecule is OCC1CCN(CC2Cc3ccccc3S2)C1. The van der Waals surface area contributed by atoms with Crippen LogP contribution in [0.3, 0.4) is 0 Å². The van der Waals surface area contributed by atoms with Gasteiger partial charge in [-0.1, -0.05) is 18.2 Å². The first kappa shape index (κ1) is 11.6. The smallest absolute Gasteiger partial charge is 0.0471 e. The Morgan fingerprint density at radius 3 is 3.00 bits per heavy atom. The van der Waals surface area contributed by atoms with Gasteiger partial charge in [-0.3, -0.25) is 0 Å². The van der Waals surface area contributed by atoms with Gasteiger partial charge in [-0.25, -0.2) is 0 Å². The van der Waals surface area contributed by atoms with Crippen LogP contribution in [0.5, 0.6) is 0 Å². The van der Waals surface area contributed by atoms with Crippen molar-refractivity contribution < 1.29 is 5.11 Å². The van der Waals surface area contributed by atoms with E-state index < -0.39 is 0 Å². The third kappa shape index (κ3) is 2.51. The summed E-state index contributed by atoms with van der Waals surface area (Å²) in [6.07, 6.45) is 2.38. The van der Waals surface area contributed by atoms with Crippen LogP contribution in [0.4, 0.5) is 0 Å². The summed E-state index contributed by atoms with van der Waals surface area (Å²) < 4.78 is 0. The molecule has 2 nitrogen and oxygen atoms in total. The summed E-state index contributed by atoms with van der Waals surface area (Å²) in [6, 6.07) is 8.76. The molecule has 0 bridgehead atoms. The molecule has 2 aliphatic rings. The lowest BCUT2D eigenvalue weighted by atomic mass is 10.1. The van der Waals surface area contributed by atoms with Crippen molar-refractivity contribution in [3.05, 3.63) is 29.8 Å². The van der Waals surface area contributed by atoms with Crippen molar-refractivity contribution in [2.75, 3.05) is 26.2 Å². The lowest BCUT2D eigenvalue weighted by Gasteiger charge is -2.19. The summed E-state index contributed by atoms with van der Waals surface area (Å²) in [5.74, 6) is 0.517. The second kappa shape index (κ2) is 5.01. The molecule has 1 fully saturated rings. The van der Waals surface area contributed by atoms with Crippen LogP contribution in [0, 0.1) is 5.92 Å². The average Bonchev–Trinajstić information content (AvgIpc) is 2.94. The molecular weight excluding hydrogens is 230 g/mol. The van der Waals surface area contributed by atoms with Crippen LogP contribution in [-0.2, 0) is 6.42 Å². The molecule has 1 N–H and O–H groups in total. The molecule has 3 heteroatoms. The second-order valence-corrected chi connectivity index (χ2v) is 6.49. The third-order valence-electron chi connectivity index (χ3n) is 3.80. The van der Waals surface area contributed by atoms with E-state index in [1.54, 1.807) is 0 Å². The number of thioether (sulfide) groups is 1. The Morgan fingerprint density at radius 2 is 2.24 bits per heavy atom. The minimum atomic E-state index is 0.356. The highest BCUT2D eigenvalue weighted by Crippen LogP contribution is 2.37. The molecule has 0 radical (unpaired) electrons. The Bertz CT molecular complexity index is 371. The number of aliphatic hydroxyl groups is 1. The van der Waals surface area contributed by atoms with E-state index in [0.717, 1.165) is 6.54 Å². The van der Waals surface area contributed by atoms with Crippen molar-refractivity contribution in [1.82, 2.24) is 4.90 Å². The number of likely N-dealkylation sites (tertiary alicyclic amines) is 1. The molecule has 0 aliphatic carbocycles. The van der Waals surface area contributed by atoms with E-state index in [1.165, 1.54) is 36.4 Å². The van der Waals surface area contributed by atoms with Gasteiger partial charge in [-0.2, -0.15) is 0 Å². The van der Waals surface area contributed by atoms with Crippen LogP contribution in [0.1, 0.15) is 12.0 Å². The second-order valence-electron chi connectivity index (χ2n) is 5.15. The molecule has 2 aliphatic heterocycles. The summed E-state index contributed by atoms with van der Waals surface area (Å²) in [7, 11) is 0. The molecule has 2 heterocycles. The summed E-state index contributed by atoms with van der Waals surface area (Å²) in [5.41, 5.74) is 1.51. The van der Waals surface area contributed by atoms with Gasteiger partial charge < -0.3 is 10.0 Å². The third-order valence-corrected chi connectivity index (χ3v) is 5.11. The Morgan fingerprint density at radius 1 is 1.35 bits per heavy atom. The summed E-state index contributed by atoms with van der Waals surface area (Å²) >= 11 is 2.03. The van der Waals surface area contributed by atoms with Crippen molar-refractivity contribution in [2.24, 2.45) is 5.92 Å². The largest absolute Gasteiger partial charge is 0.396 e. The number of nitrogens with zero attached hydrogens (tertiary/aromatic N) is 1. The Labute approximate surface area is 107 Å². The maximum absolute atomic E-state index is 9.15. The van der Waals surface area contributed by atoms with E-state index in [1.807, 2.05) is 11.8 Å². The fourth-order valence-corrected chi connectivity index (χ4v) is 4.24. The van der Waals surface area contributed by atoms with Gasteiger partial charge in [0, 0.05) is 29.8 Å². The number of hydrogen-bond donors (Lipinski definition) is 1. The summed E-state index contributed by atoms with van der Waals surface area (Å²) in [5, 5.41) is 9.87. The standard InChI is InChI=1S/C14H19NOS/c16-10-11-5-6-15(8-11)9-13-7-12-3-1-2-4-14(12)17-13/h1-4,11,13,16H,5-10H2. The molecule has 1 aromatic carbocycles. The van der Waals surface area contributed by atoms with Gasteiger partial charge in [-0.05, 0) is 36.9 Å². The topological polar surface area (TPSA) is 23.5 Å². The summed E-state index contributed by atoms with van der Waals surface area (Å²) in [6.45, 7) is 3.78. The van der Waals surface area contributed by atoms with Crippen molar-refractivity contribution >= 4 is 11.8 Å². The van der Waals surface area contributed by atoms with Crippen molar-refractivity contribution in [3.8, 4) is 0 Å². The van der Waals surface area contributed by atoms with Gasteiger partial charge >= 0.3 is 0 Å². The molecular formula is C14H19NOS. The molecule has 1 aromatic rings. The highest BCUT2D eigenvalue weighted by molar-refractivity contribution is 8.00. The fraction of sp³-hybridized carbons (Fsp3) is 0.571. The molecule has 0 spiro atoms. The minimum Gasteiger partial charge on any atom is -0.396 e. The molecule has 2 unspecified atom stereocenters. The van der Waals surface area contributed by atoms with E-state index in [-0.39, 0.29) is 0 Å². The predicted molar refractivity (Wildman–Crippen MR) is 71.4 cm³/mol. The van der Waals surface area contributed by atoms with E-state index in [9.17, 15) is 0 Å². The number of benzene rings is 1. The molecule has 3 rings (SSSR count).